The number of rotatable bonds is 4. The van der Waals surface area contributed by atoms with Crippen LogP contribution in [-0.2, 0) is 19.4 Å². The third kappa shape index (κ3) is 3.75. The highest BCUT2D eigenvalue weighted by atomic mass is 127. The van der Waals surface area contributed by atoms with Gasteiger partial charge in [-0.05, 0) is 53.8 Å². The minimum absolute atomic E-state index is 0.140. The number of benzene rings is 1. The zero-order chi connectivity index (χ0) is 12.2. The van der Waals surface area contributed by atoms with Gasteiger partial charge in [0.2, 0.25) is 0 Å². The Labute approximate surface area is 108 Å². The Hall–Kier alpha value is -0.630. The number of hydrogen-bond donors (Lipinski definition) is 0. The van der Waals surface area contributed by atoms with Crippen molar-refractivity contribution in [1.29, 1.82) is 0 Å². The van der Waals surface area contributed by atoms with Gasteiger partial charge in [-0.2, -0.15) is 0 Å². The maximum Gasteiger partial charge on any atom is 0.321 e. The van der Waals surface area contributed by atoms with Crippen molar-refractivity contribution < 1.29 is 17.9 Å². The van der Waals surface area contributed by atoms with Crippen LogP contribution in [0.5, 0.6) is 0 Å². The highest BCUT2D eigenvalue weighted by Gasteiger charge is 2.19. The molecule has 0 N–H and O–H groups in total. The Morgan fingerprint density at radius 3 is 2.38 bits per heavy atom. The normalized spacial score (nSPS) is 11.1. The number of esters is 1. The van der Waals surface area contributed by atoms with Crippen molar-refractivity contribution in [2.45, 2.75) is 11.8 Å². The van der Waals surface area contributed by atoms with Crippen molar-refractivity contribution in [2.24, 2.45) is 0 Å². The average Bonchev–Trinajstić information content (AvgIpc) is 2.17. The Morgan fingerprint density at radius 2 is 1.88 bits per heavy atom. The second kappa shape index (κ2) is 5.62. The fourth-order valence-electron chi connectivity index (χ4n) is 1.08. The number of carbonyl (C=O) groups is 1. The molecule has 0 saturated heterocycles. The quantitative estimate of drug-likeness (QED) is 0.609. The van der Waals surface area contributed by atoms with Crippen molar-refractivity contribution >= 4 is 38.4 Å². The molecular formula is C10H11IO4S. The van der Waals surface area contributed by atoms with E-state index in [9.17, 15) is 13.2 Å². The summed E-state index contributed by atoms with van der Waals surface area (Å²) < 4.78 is 29.0. The zero-order valence-corrected chi connectivity index (χ0v) is 11.6. The summed E-state index contributed by atoms with van der Waals surface area (Å²) in [6.45, 7) is 1.82. The van der Waals surface area contributed by atoms with Gasteiger partial charge in [-0.3, -0.25) is 4.79 Å². The standard InChI is InChI=1S/C10H11IO4S/c1-2-15-10(12)7-16(13,14)9-5-3-8(11)4-6-9/h3-6H,2,7H2,1H3. The molecule has 0 saturated carbocycles. The first kappa shape index (κ1) is 13.4. The van der Waals surface area contributed by atoms with E-state index in [1.807, 2.05) is 0 Å². The number of hydrogen-bond acceptors (Lipinski definition) is 4. The third-order valence-electron chi connectivity index (χ3n) is 1.79. The first-order chi connectivity index (χ1) is 7.45. The van der Waals surface area contributed by atoms with E-state index in [0.29, 0.717) is 0 Å². The van der Waals surface area contributed by atoms with Crippen LogP contribution in [-0.4, -0.2) is 26.7 Å². The van der Waals surface area contributed by atoms with E-state index in [1.54, 1.807) is 19.1 Å². The van der Waals surface area contributed by atoms with E-state index in [-0.39, 0.29) is 11.5 Å². The molecule has 16 heavy (non-hydrogen) atoms. The number of sulfone groups is 1. The van der Waals surface area contributed by atoms with Crippen molar-refractivity contribution in [1.82, 2.24) is 0 Å². The summed E-state index contributed by atoms with van der Waals surface area (Å²) in [7, 11) is -3.58. The summed E-state index contributed by atoms with van der Waals surface area (Å²) in [5.74, 6) is -1.33. The lowest BCUT2D eigenvalue weighted by Crippen LogP contribution is -2.18. The van der Waals surface area contributed by atoms with E-state index < -0.39 is 21.6 Å². The molecule has 6 heteroatoms. The molecule has 0 atom stereocenters. The first-order valence-electron chi connectivity index (χ1n) is 4.59. The Balaban J connectivity index is 2.86. The maximum absolute atomic E-state index is 11.7. The van der Waals surface area contributed by atoms with E-state index >= 15 is 0 Å². The van der Waals surface area contributed by atoms with Crippen LogP contribution in [0.2, 0.25) is 0 Å². The first-order valence-corrected chi connectivity index (χ1v) is 7.33. The highest BCUT2D eigenvalue weighted by molar-refractivity contribution is 14.1. The lowest BCUT2D eigenvalue weighted by molar-refractivity contribution is -0.139. The fourth-order valence-corrected chi connectivity index (χ4v) is 2.55. The van der Waals surface area contributed by atoms with E-state index in [0.717, 1.165) is 3.57 Å². The maximum atomic E-state index is 11.7. The average molecular weight is 354 g/mol. The van der Waals surface area contributed by atoms with Gasteiger partial charge >= 0.3 is 5.97 Å². The van der Waals surface area contributed by atoms with Gasteiger partial charge < -0.3 is 4.74 Å². The topological polar surface area (TPSA) is 60.4 Å². The monoisotopic (exact) mass is 354 g/mol. The highest BCUT2D eigenvalue weighted by Crippen LogP contribution is 2.13. The smallest absolute Gasteiger partial charge is 0.321 e. The third-order valence-corrected chi connectivity index (χ3v) is 4.11. The molecule has 0 aliphatic rings. The zero-order valence-electron chi connectivity index (χ0n) is 8.64. The van der Waals surface area contributed by atoms with Crippen molar-refractivity contribution in [3.63, 3.8) is 0 Å². The van der Waals surface area contributed by atoms with Crippen LogP contribution in [0.4, 0.5) is 0 Å². The van der Waals surface area contributed by atoms with Gasteiger partial charge in [-0.1, -0.05) is 0 Å². The number of halogens is 1. The summed E-state index contributed by atoms with van der Waals surface area (Å²) in [5, 5.41) is 0. The van der Waals surface area contributed by atoms with Crippen LogP contribution in [0.1, 0.15) is 6.92 Å². The number of carbonyl (C=O) groups excluding carboxylic acids is 1. The van der Waals surface area contributed by atoms with Gasteiger partial charge in [0.1, 0.15) is 0 Å². The lowest BCUT2D eigenvalue weighted by Gasteiger charge is -2.04. The molecule has 1 aromatic rings. The Bertz CT molecular complexity index is 464. The minimum Gasteiger partial charge on any atom is -0.465 e. The molecule has 0 bridgehead atoms. The van der Waals surface area contributed by atoms with Crippen LogP contribution in [0.3, 0.4) is 0 Å². The van der Waals surface area contributed by atoms with Gasteiger partial charge in [0.05, 0.1) is 11.5 Å². The molecule has 0 unspecified atom stereocenters. The second-order valence-corrected chi connectivity index (χ2v) is 6.25. The van der Waals surface area contributed by atoms with E-state index in [4.69, 9.17) is 0 Å². The second-order valence-electron chi connectivity index (χ2n) is 3.02. The molecule has 0 aromatic heterocycles. The van der Waals surface area contributed by atoms with Gasteiger partial charge in [0.25, 0.3) is 0 Å². The molecule has 4 nitrogen and oxygen atoms in total. The Morgan fingerprint density at radius 1 is 1.31 bits per heavy atom. The van der Waals surface area contributed by atoms with Crippen LogP contribution in [0.25, 0.3) is 0 Å². The van der Waals surface area contributed by atoms with Crippen LogP contribution in [0.15, 0.2) is 29.2 Å². The molecule has 88 valence electrons. The van der Waals surface area contributed by atoms with Gasteiger partial charge in [0, 0.05) is 3.57 Å². The number of ether oxygens (including phenoxy) is 1. The van der Waals surface area contributed by atoms with Crippen LogP contribution < -0.4 is 0 Å². The molecule has 0 aliphatic carbocycles. The Kier molecular flexibility index (Phi) is 4.72. The van der Waals surface area contributed by atoms with E-state index in [2.05, 4.69) is 27.3 Å². The largest absolute Gasteiger partial charge is 0.465 e. The summed E-state index contributed by atoms with van der Waals surface area (Å²) in [5.41, 5.74) is 0. The van der Waals surface area contributed by atoms with Crippen molar-refractivity contribution in [3.05, 3.63) is 27.8 Å². The summed E-state index contributed by atoms with van der Waals surface area (Å²) in [6, 6.07) is 6.32. The summed E-state index contributed by atoms with van der Waals surface area (Å²) >= 11 is 2.08. The molecule has 1 aromatic carbocycles. The molecule has 0 radical (unpaired) electrons. The molecule has 0 spiro atoms. The fraction of sp³-hybridized carbons (Fsp3) is 0.300. The van der Waals surface area contributed by atoms with Crippen LogP contribution >= 0.6 is 22.6 Å². The molecule has 0 aliphatic heterocycles. The van der Waals surface area contributed by atoms with E-state index in [1.165, 1.54) is 12.1 Å². The predicted octanol–water partition coefficient (Wildman–Crippen LogP) is 1.63. The molecule has 0 amide bonds. The predicted molar refractivity (Wildman–Crippen MR) is 67.8 cm³/mol. The minimum atomic E-state index is -3.58. The molecule has 1 rings (SSSR count). The van der Waals surface area contributed by atoms with Gasteiger partial charge in [0.15, 0.2) is 15.6 Å². The molecular weight excluding hydrogens is 343 g/mol. The van der Waals surface area contributed by atoms with Gasteiger partial charge in [-0.15, -0.1) is 0 Å². The van der Waals surface area contributed by atoms with Crippen molar-refractivity contribution in [2.75, 3.05) is 12.4 Å². The lowest BCUT2D eigenvalue weighted by atomic mass is 10.4. The SMILES string of the molecule is CCOC(=O)CS(=O)(=O)c1ccc(I)cc1. The van der Waals surface area contributed by atoms with Gasteiger partial charge in [-0.25, -0.2) is 8.42 Å². The van der Waals surface area contributed by atoms with Crippen molar-refractivity contribution in [3.8, 4) is 0 Å². The summed E-state index contributed by atoms with van der Waals surface area (Å²) in [4.78, 5) is 11.2. The summed E-state index contributed by atoms with van der Waals surface area (Å²) in [6.07, 6.45) is 0. The molecule has 0 fully saturated rings. The van der Waals surface area contributed by atoms with Crippen LogP contribution in [0, 0.1) is 3.57 Å². The molecule has 0 heterocycles.